The van der Waals surface area contributed by atoms with E-state index in [0.29, 0.717) is 18.6 Å². The SMILES string of the molecule is CCC(CC)OC(CCCCCCC(CCCCCCCC(=O)O)NCC1CCCO1)(OC(CC)CC)C(=O)O. The molecule has 2 atom stereocenters. The maximum Gasteiger partial charge on any atom is 0.364 e. The number of unbranched alkanes of at least 4 members (excludes halogenated alkanes) is 7. The number of rotatable bonds is 27. The summed E-state index contributed by atoms with van der Waals surface area (Å²) in [5.41, 5.74) is 0. The van der Waals surface area contributed by atoms with E-state index in [4.69, 9.17) is 19.3 Å². The number of carboxylic acid groups (broad SMARTS) is 2. The molecule has 0 aromatic heterocycles. The fraction of sp³-hybridized carbons (Fsp3) is 0.938. The Morgan fingerprint density at radius 1 is 0.825 bits per heavy atom. The fourth-order valence-electron chi connectivity index (χ4n) is 5.55. The highest BCUT2D eigenvalue weighted by molar-refractivity contribution is 5.75. The smallest absolute Gasteiger partial charge is 0.364 e. The number of hydrogen-bond acceptors (Lipinski definition) is 6. The van der Waals surface area contributed by atoms with Gasteiger partial charge in [0.2, 0.25) is 0 Å². The van der Waals surface area contributed by atoms with Gasteiger partial charge in [0.15, 0.2) is 0 Å². The molecule has 0 aromatic carbocycles. The first-order valence-electron chi connectivity index (χ1n) is 16.5. The van der Waals surface area contributed by atoms with Gasteiger partial charge < -0.3 is 29.7 Å². The molecule has 3 N–H and O–H groups in total. The summed E-state index contributed by atoms with van der Waals surface area (Å²) in [5.74, 6) is -3.28. The van der Waals surface area contributed by atoms with E-state index in [-0.39, 0.29) is 18.6 Å². The molecule has 1 rings (SSSR count). The highest BCUT2D eigenvalue weighted by Gasteiger charge is 2.44. The lowest BCUT2D eigenvalue weighted by Gasteiger charge is -2.36. The molecule has 0 radical (unpaired) electrons. The van der Waals surface area contributed by atoms with Crippen LogP contribution in [0.3, 0.4) is 0 Å². The predicted octanol–water partition coefficient (Wildman–Crippen LogP) is 7.47. The first kappa shape index (κ1) is 36.8. The normalized spacial score (nSPS) is 16.7. The summed E-state index contributed by atoms with van der Waals surface area (Å²) in [6.45, 7) is 9.89. The predicted molar refractivity (Wildman–Crippen MR) is 160 cm³/mol. The summed E-state index contributed by atoms with van der Waals surface area (Å²) in [6.07, 6.45) is 17.3. The Morgan fingerprint density at radius 3 is 1.82 bits per heavy atom. The summed E-state index contributed by atoms with van der Waals surface area (Å²) < 4.78 is 18.2. The first-order chi connectivity index (χ1) is 19.3. The summed E-state index contributed by atoms with van der Waals surface area (Å²) in [6, 6.07) is 0.456. The molecule has 0 spiro atoms. The van der Waals surface area contributed by atoms with Crippen LogP contribution in [0.5, 0.6) is 0 Å². The van der Waals surface area contributed by atoms with Crippen LogP contribution in [0.2, 0.25) is 0 Å². The molecule has 1 aliphatic heterocycles. The Hall–Kier alpha value is -1.22. The molecule has 236 valence electrons. The quantitative estimate of drug-likeness (QED) is 0.0687. The maximum atomic E-state index is 12.5. The summed E-state index contributed by atoms with van der Waals surface area (Å²) >= 11 is 0. The van der Waals surface area contributed by atoms with Gasteiger partial charge in [-0.2, -0.15) is 0 Å². The van der Waals surface area contributed by atoms with Gasteiger partial charge in [0, 0.05) is 32.0 Å². The van der Waals surface area contributed by atoms with Crippen LogP contribution in [0.15, 0.2) is 0 Å². The Morgan fingerprint density at radius 2 is 1.35 bits per heavy atom. The Bertz CT molecular complexity index is 631. The number of aliphatic carboxylic acids is 2. The molecule has 1 fully saturated rings. The summed E-state index contributed by atoms with van der Waals surface area (Å²) in [4.78, 5) is 23.1. The van der Waals surface area contributed by atoms with E-state index in [1.165, 1.54) is 0 Å². The lowest BCUT2D eigenvalue weighted by Crippen LogP contribution is -2.49. The van der Waals surface area contributed by atoms with E-state index < -0.39 is 17.7 Å². The van der Waals surface area contributed by atoms with Crippen molar-refractivity contribution in [1.82, 2.24) is 5.32 Å². The summed E-state index contributed by atoms with van der Waals surface area (Å²) in [7, 11) is 0. The monoisotopic (exact) mass is 571 g/mol. The largest absolute Gasteiger partial charge is 0.481 e. The van der Waals surface area contributed by atoms with Gasteiger partial charge >= 0.3 is 11.9 Å². The minimum atomic E-state index is -1.57. The second-order valence-corrected chi connectivity index (χ2v) is 11.6. The minimum Gasteiger partial charge on any atom is -0.481 e. The van der Waals surface area contributed by atoms with Gasteiger partial charge in [-0.15, -0.1) is 0 Å². The molecule has 1 heterocycles. The molecule has 8 heteroatoms. The molecular formula is C32H61NO7. The van der Waals surface area contributed by atoms with Crippen molar-refractivity contribution in [3.05, 3.63) is 0 Å². The number of hydrogen-bond donors (Lipinski definition) is 3. The molecule has 2 unspecified atom stereocenters. The van der Waals surface area contributed by atoms with E-state index >= 15 is 0 Å². The zero-order chi connectivity index (χ0) is 29.6. The van der Waals surface area contributed by atoms with Crippen LogP contribution in [-0.2, 0) is 23.8 Å². The lowest BCUT2D eigenvalue weighted by molar-refractivity contribution is -0.279. The van der Waals surface area contributed by atoms with Crippen LogP contribution in [0, 0.1) is 0 Å². The second-order valence-electron chi connectivity index (χ2n) is 11.6. The molecular weight excluding hydrogens is 510 g/mol. The van der Waals surface area contributed by atoms with Crippen molar-refractivity contribution in [3.8, 4) is 0 Å². The molecule has 8 nitrogen and oxygen atoms in total. The standard InChI is InChI=1S/C32H61NO7/c1-5-27(6-2)39-32(31(36)37,40-28(7-3)8-4)23-17-13-12-15-20-26(33-25-29-21-18-24-38-29)19-14-10-9-11-16-22-30(34)35/h26-29,33H,5-25H2,1-4H3,(H,34,35)(H,36,37). The van der Waals surface area contributed by atoms with Crippen LogP contribution in [0.25, 0.3) is 0 Å². The number of nitrogens with one attached hydrogen (secondary N) is 1. The van der Waals surface area contributed by atoms with Gasteiger partial charge in [0.05, 0.1) is 18.3 Å². The number of carbonyl (C=O) groups is 2. The van der Waals surface area contributed by atoms with Crippen molar-refractivity contribution >= 4 is 11.9 Å². The van der Waals surface area contributed by atoms with Gasteiger partial charge in [-0.1, -0.05) is 72.6 Å². The summed E-state index contributed by atoms with van der Waals surface area (Å²) in [5, 5.41) is 22.8. The highest BCUT2D eigenvalue weighted by Crippen LogP contribution is 2.29. The molecule has 1 saturated heterocycles. The molecule has 0 bridgehead atoms. The topological polar surface area (TPSA) is 114 Å². The van der Waals surface area contributed by atoms with Crippen LogP contribution >= 0.6 is 0 Å². The van der Waals surface area contributed by atoms with E-state index in [1.807, 2.05) is 27.7 Å². The van der Waals surface area contributed by atoms with E-state index in [1.54, 1.807) is 0 Å². The lowest BCUT2D eigenvalue weighted by atomic mass is 9.99. The third kappa shape index (κ3) is 15.7. The van der Waals surface area contributed by atoms with Crippen molar-refractivity contribution < 1.29 is 34.0 Å². The van der Waals surface area contributed by atoms with Crippen LogP contribution < -0.4 is 5.32 Å². The van der Waals surface area contributed by atoms with E-state index in [9.17, 15) is 14.7 Å². The number of carboxylic acids is 2. The van der Waals surface area contributed by atoms with Crippen molar-refractivity contribution in [2.75, 3.05) is 13.2 Å². The molecule has 0 amide bonds. The maximum absolute atomic E-state index is 12.5. The zero-order valence-corrected chi connectivity index (χ0v) is 26.1. The van der Waals surface area contributed by atoms with Gasteiger partial charge in [0.25, 0.3) is 5.79 Å². The van der Waals surface area contributed by atoms with Crippen LogP contribution in [0.1, 0.15) is 150 Å². The minimum absolute atomic E-state index is 0.127. The fourth-order valence-corrected chi connectivity index (χ4v) is 5.55. The molecule has 0 saturated carbocycles. The van der Waals surface area contributed by atoms with Crippen molar-refractivity contribution in [2.24, 2.45) is 0 Å². The third-order valence-electron chi connectivity index (χ3n) is 8.27. The van der Waals surface area contributed by atoms with Crippen molar-refractivity contribution in [3.63, 3.8) is 0 Å². The molecule has 1 aliphatic rings. The van der Waals surface area contributed by atoms with E-state index in [2.05, 4.69) is 5.32 Å². The third-order valence-corrected chi connectivity index (χ3v) is 8.27. The molecule has 40 heavy (non-hydrogen) atoms. The van der Waals surface area contributed by atoms with Gasteiger partial charge in [0.1, 0.15) is 0 Å². The molecule has 0 aliphatic carbocycles. The van der Waals surface area contributed by atoms with E-state index in [0.717, 1.165) is 122 Å². The molecule has 0 aromatic rings. The first-order valence-corrected chi connectivity index (χ1v) is 16.5. The average Bonchev–Trinajstić information content (AvgIpc) is 3.47. The second kappa shape index (κ2) is 22.4. The van der Waals surface area contributed by atoms with Crippen LogP contribution in [-0.4, -0.2) is 65.4 Å². The Kier molecular flexibility index (Phi) is 20.6. The van der Waals surface area contributed by atoms with Gasteiger partial charge in [-0.05, 0) is 64.2 Å². The Labute approximate surface area is 244 Å². The average molecular weight is 572 g/mol. The zero-order valence-electron chi connectivity index (χ0n) is 26.1. The van der Waals surface area contributed by atoms with Crippen LogP contribution in [0.4, 0.5) is 0 Å². The van der Waals surface area contributed by atoms with Gasteiger partial charge in [-0.25, -0.2) is 4.79 Å². The number of ether oxygens (including phenoxy) is 3. The highest BCUT2D eigenvalue weighted by atomic mass is 16.7. The van der Waals surface area contributed by atoms with Crippen molar-refractivity contribution in [2.45, 2.75) is 180 Å². The Balaban J connectivity index is 2.53. The van der Waals surface area contributed by atoms with Gasteiger partial charge in [-0.3, -0.25) is 4.79 Å². The van der Waals surface area contributed by atoms with Crippen molar-refractivity contribution in [1.29, 1.82) is 0 Å².